The molecule has 2 aliphatic carbocycles. The van der Waals surface area contributed by atoms with Gasteiger partial charge in [0.25, 0.3) is 0 Å². The molecule has 4 heteroatoms. The molecule has 0 amide bonds. The van der Waals surface area contributed by atoms with Crippen molar-refractivity contribution in [1.82, 2.24) is 0 Å². The molecule has 0 fully saturated rings. The van der Waals surface area contributed by atoms with E-state index in [4.69, 9.17) is 5.11 Å². The second-order valence-corrected chi connectivity index (χ2v) is 15.0. The molecule has 146 valence electrons. The topological polar surface area (TPSA) is 20.2 Å². The molecule has 0 aliphatic heterocycles. The maximum absolute atomic E-state index is 9.14. The Morgan fingerprint density at radius 1 is 0.964 bits per heavy atom. The van der Waals surface area contributed by atoms with Crippen molar-refractivity contribution in [2.45, 2.75) is 36.7 Å². The van der Waals surface area contributed by atoms with Crippen LogP contribution in [0.2, 0.25) is 0 Å². The van der Waals surface area contributed by atoms with Crippen molar-refractivity contribution in [3.05, 3.63) is 80.7 Å². The van der Waals surface area contributed by atoms with Crippen molar-refractivity contribution in [1.29, 1.82) is 0 Å². The molecular weight excluding hydrogens is 466 g/mol. The number of hydrogen-bond acceptors (Lipinski definition) is 1. The molecule has 0 spiro atoms. The molecule has 0 unspecified atom stereocenters. The fraction of sp³-hybridized carbons (Fsp3) is 0.292. The van der Waals surface area contributed by atoms with Crippen LogP contribution in [0.15, 0.2) is 69.5 Å². The molecule has 1 N–H and O–H groups in total. The van der Waals surface area contributed by atoms with E-state index in [1.54, 1.807) is 17.6 Å². The molecule has 0 aromatic heterocycles. The van der Waals surface area contributed by atoms with Gasteiger partial charge in [0.1, 0.15) is 0 Å². The molecular formula is C24H26Cl2OZr. The van der Waals surface area contributed by atoms with Crippen molar-refractivity contribution in [2.24, 2.45) is 0 Å². The number of fused-ring (bicyclic) bond motifs is 3. The van der Waals surface area contributed by atoms with Crippen LogP contribution in [0.1, 0.15) is 47.9 Å². The van der Waals surface area contributed by atoms with Crippen LogP contribution in [0.4, 0.5) is 0 Å². The summed E-state index contributed by atoms with van der Waals surface area (Å²) in [5.41, 5.74) is 7.43. The average Bonchev–Trinajstić information content (AvgIpc) is 3.24. The molecule has 4 rings (SSSR count). The van der Waals surface area contributed by atoms with E-state index >= 15 is 0 Å². The van der Waals surface area contributed by atoms with Crippen molar-refractivity contribution in [3.8, 4) is 11.1 Å². The van der Waals surface area contributed by atoms with Gasteiger partial charge in [-0.05, 0) is 0 Å². The minimum absolute atomic E-state index is 0. The summed E-state index contributed by atoms with van der Waals surface area (Å²) in [5.74, 6) is 0. The summed E-state index contributed by atoms with van der Waals surface area (Å²) in [6.45, 7) is 5.02. The number of aliphatic hydroxyl groups excluding tert-OH is 1. The number of rotatable bonds is 5. The molecule has 2 aromatic rings. The Morgan fingerprint density at radius 2 is 1.54 bits per heavy atom. The first kappa shape index (κ1) is 23.5. The van der Waals surface area contributed by atoms with E-state index in [9.17, 15) is 0 Å². The maximum atomic E-state index is 9.14. The Morgan fingerprint density at radius 3 is 2.07 bits per heavy atom. The average molecular weight is 493 g/mol. The summed E-state index contributed by atoms with van der Waals surface area (Å²) >= 11 is -2.01. The summed E-state index contributed by atoms with van der Waals surface area (Å²) in [6, 6.07) is 18.1. The summed E-state index contributed by atoms with van der Waals surface area (Å²) in [5, 5.41) is 9.14. The molecule has 0 atom stereocenters. The standard InChI is InChI=1S/C13H9.C8H11O.C3H6.2ClH.Zr/c1-3-7-12-10(5-1)9-11-6-2-4-8-13(11)12;9-7-3-6-8-4-1-2-5-8;1-3-2;;;/h1-9H;4-5,9H,1,3,6-7H2;1-2H3;2*1H;/q;;;;;+2/p-2. The van der Waals surface area contributed by atoms with Crippen molar-refractivity contribution < 1.29 is 51.2 Å². The van der Waals surface area contributed by atoms with Crippen LogP contribution in [0.25, 0.3) is 11.1 Å². The van der Waals surface area contributed by atoms with Gasteiger partial charge in [-0.15, -0.1) is 0 Å². The van der Waals surface area contributed by atoms with Crippen molar-refractivity contribution >= 4 is 3.21 Å². The minimum Gasteiger partial charge on any atom is -1.00 e. The summed E-state index contributed by atoms with van der Waals surface area (Å²) in [7, 11) is 0. The van der Waals surface area contributed by atoms with Gasteiger partial charge < -0.3 is 24.8 Å². The zero-order valence-corrected chi connectivity index (χ0v) is 20.4. The van der Waals surface area contributed by atoms with Gasteiger partial charge in [0.2, 0.25) is 0 Å². The summed E-state index contributed by atoms with van der Waals surface area (Å²) in [6.07, 6.45) is 7.90. The van der Waals surface area contributed by atoms with Gasteiger partial charge in [0.15, 0.2) is 0 Å². The molecule has 1 nitrogen and oxygen atoms in total. The Balaban J connectivity index is 0.00000140. The van der Waals surface area contributed by atoms with Crippen molar-refractivity contribution in [3.63, 3.8) is 0 Å². The zero-order valence-electron chi connectivity index (χ0n) is 16.4. The summed E-state index contributed by atoms with van der Waals surface area (Å²) in [4.78, 5) is 0. The quantitative estimate of drug-likeness (QED) is 0.602. The van der Waals surface area contributed by atoms with Crippen LogP contribution in [0.5, 0.6) is 0 Å². The molecule has 0 saturated heterocycles. The summed E-state index contributed by atoms with van der Waals surface area (Å²) < 4.78 is 4.00. The second kappa shape index (κ2) is 10.3. The first-order chi connectivity index (χ1) is 12.7. The van der Waals surface area contributed by atoms with Gasteiger partial charge in [0, 0.05) is 0 Å². The molecule has 0 saturated carbocycles. The third-order valence-electron chi connectivity index (χ3n) is 5.57. The van der Waals surface area contributed by atoms with Gasteiger partial charge in [-0.2, -0.15) is 0 Å². The molecule has 0 radical (unpaired) electrons. The van der Waals surface area contributed by atoms with E-state index in [2.05, 4.69) is 74.5 Å². The van der Waals surface area contributed by atoms with E-state index in [1.165, 1.54) is 16.7 Å². The number of benzene rings is 2. The number of halogens is 2. The zero-order chi connectivity index (χ0) is 18.1. The van der Waals surface area contributed by atoms with E-state index in [1.807, 2.05) is 0 Å². The monoisotopic (exact) mass is 490 g/mol. The Kier molecular flexibility index (Phi) is 8.65. The van der Waals surface area contributed by atoms with Crippen LogP contribution in [-0.2, 0) is 21.3 Å². The minimum atomic E-state index is -2.01. The molecule has 28 heavy (non-hydrogen) atoms. The molecule has 0 heterocycles. The third-order valence-corrected chi connectivity index (χ3v) is 13.7. The number of aliphatic hydroxyl groups is 1. The first-order valence-corrected chi connectivity index (χ1v) is 13.4. The third kappa shape index (κ3) is 4.36. The van der Waals surface area contributed by atoms with Gasteiger partial charge in [-0.1, -0.05) is 0 Å². The van der Waals surface area contributed by atoms with Gasteiger partial charge in [-0.3, -0.25) is 0 Å². The molecule has 2 aromatic carbocycles. The van der Waals surface area contributed by atoms with Crippen LogP contribution < -0.4 is 24.8 Å². The van der Waals surface area contributed by atoms with E-state index in [0.717, 1.165) is 19.3 Å². The van der Waals surface area contributed by atoms with Crippen LogP contribution in [0.3, 0.4) is 0 Å². The number of hydrogen-bond donors (Lipinski definition) is 1. The molecule has 0 bridgehead atoms. The van der Waals surface area contributed by atoms with Crippen LogP contribution in [0, 0.1) is 0 Å². The predicted octanol–water partition coefficient (Wildman–Crippen LogP) is -0.419. The number of allylic oxidation sites excluding steroid dienone is 4. The Labute approximate surface area is 188 Å². The van der Waals surface area contributed by atoms with E-state index in [-0.39, 0.29) is 31.4 Å². The van der Waals surface area contributed by atoms with E-state index in [0.29, 0.717) is 3.63 Å². The van der Waals surface area contributed by atoms with E-state index < -0.39 is 21.3 Å². The maximum Gasteiger partial charge on any atom is -1.00 e. The normalized spacial score (nSPS) is 13.9. The van der Waals surface area contributed by atoms with Crippen LogP contribution >= 0.6 is 0 Å². The van der Waals surface area contributed by atoms with Gasteiger partial charge >= 0.3 is 165 Å². The second-order valence-electron chi connectivity index (χ2n) is 7.50. The van der Waals surface area contributed by atoms with Crippen LogP contribution in [-0.4, -0.2) is 14.9 Å². The first-order valence-electron chi connectivity index (χ1n) is 9.57. The Hall–Kier alpha value is -0.787. The fourth-order valence-electron chi connectivity index (χ4n) is 4.49. The predicted molar refractivity (Wildman–Crippen MR) is 107 cm³/mol. The molecule has 2 aliphatic rings. The smallest absolute Gasteiger partial charge is 1.00 e. The van der Waals surface area contributed by atoms with Gasteiger partial charge in [-0.25, -0.2) is 0 Å². The van der Waals surface area contributed by atoms with Crippen molar-refractivity contribution in [2.75, 3.05) is 6.61 Å². The fourth-order valence-corrected chi connectivity index (χ4v) is 12.8. The SMILES string of the molecule is C[C](C)=[Zr+2]([C]1=CC(CCCO)=CC1)[CH]1c2ccccc2-c2ccccc21.[Cl-].[Cl-]. The Bertz CT molecular complexity index is 894. The van der Waals surface area contributed by atoms with Gasteiger partial charge in [0.05, 0.1) is 0 Å². The largest absolute Gasteiger partial charge is 1.00 e.